The smallest absolute Gasteiger partial charge is 0.306 e. The zero-order valence-corrected chi connectivity index (χ0v) is 25.8. The summed E-state index contributed by atoms with van der Waals surface area (Å²) in [7, 11) is -4.02. The lowest BCUT2D eigenvalue weighted by Gasteiger charge is -2.49. The van der Waals surface area contributed by atoms with Crippen LogP contribution in [0.2, 0.25) is 10.0 Å². The number of benzene rings is 2. The molecule has 2 saturated carbocycles. The number of sulfonamides is 1. The van der Waals surface area contributed by atoms with Crippen LogP contribution in [0, 0.1) is 11.7 Å². The number of anilines is 1. The number of aromatic nitrogens is 1. The number of aliphatic carboxylic acids is 1. The minimum Gasteiger partial charge on any atom is -0.481 e. The summed E-state index contributed by atoms with van der Waals surface area (Å²) in [5.74, 6) is -3.07. The quantitative estimate of drug-likeness (QED) is 0.276. The summed E-state index contributed by atoms with van der Waals surface area (Å²) in [5, 5.41) is 9.94. The van der Waals surface area contributed by atoms with E-state index in [9.17, 15) is 23.1 Å². The molecule has 1 N–H and O–H groups in total. The van der Waals surface area contributed by atoms with Crippen molar-refractivity contribution in [2.45, 2.75) is 61.6 Å². The third-order valence-corrected chi connectivity index (χ3v) is 11.0. The number of halogens is 3. The Kier molecular flexibility index (Phi) is 8.58. The molecule has 0 bridgehead atoms. The minimum atomic E-state index is -4.02. The molecule has 1 aromatic heterocycles. The second kappa shape index (κ2) is 12.3. The van der Waals surface area contributed by atoms with Gasteiger partial charge in [-0.05, 0) is 79.1 Å². The molecule has 0 radical (unpaired) electrons. The number of morpholine rings is 1. The lowest BCUT2D eigenvalue weighted by Crippen LogP contribution is -2.59. The molecule has 4 atom stereocenters. The Balaban J connectivity index is 1.51. The largest absolute Gasteiger partial charge is 0.481 e. The number of pyridine rings is 1. The van der Waals surface area contributed by atoms with Gasteiger partial charge in [0.15, 0.2) is 11.6 Å². The van der Waals surface area contributed by atoms with Gasteiger partial charge in [-0.3, -0.25) is 9.59 Å². The fourth-order valence-electron chi connectivity index (χ4n) is 5.89. The predicted octanol–water partition coefficient (Wildman–Crippen LogP) is 5.79. The van der Waals surface area contributed by atoms with E-state index in [1.165, 1.54) is 12.3 Å². The number of carboxylic acid groups (broad SMARTS) is 1. The van der Waals surface area contributed by atoms with Gasteiger partial charge in [0.05, 0.1) is 30.3 Å². The highest BCUT2D eigenvalue weighted by Gasteiger charge is 2.52. The maximum absolute atomic E-state index is 15.2. The monoisotopic (exact) mass is 661 g/mol. The standard InChI is InChI=1S/C31H30Cl2FN3O6S/c32-21-10-8-19(9-11-21)28-29(20-3-1-4-22(33)15-20)43-26(16-27(38)39)31(40)37(28)25(18-6-7-18)17-36(44(41,42)23-12-13-23)30-24(34)5-2-14-35-30/h1-5,8-11,14-15,18,23,25-26,28-29H,6-7,12-13,16-17H2,(H,38,39)/t25-,26-,28-,29-/m1/s1. The Morgan fingerprint density at radius 2 is 1.77 bits per heavy atom. The molecule has 44 heavy (non-hydrogen) atoms. The normalized spacial score (nSPS) is 22.9. The topological polar surface area (TPSA) is 117 Å². The van der Waals surface area contributed by atoms with E-state index in [1.54, 1.807) is 53.4 Å². The lowest BCUT2D eigenvalue weighted by atomic mass is 9.89. The summed E-state index contributed by atoms with van der Waals surface area (Å²) in [5.41, 5.74) is 1.26. The molecule has 9 nitrogen and oxygen atoms in total. The van der Waals surface area contributed by atoms with E-state index in [1.807, 2.05) is 0 Å². The van der Waals surface area contributed by atoms with Gasteiger partial charge in [-0.1, -0.05) is 47.5 Å². The van der Waals surface area contributed by atoms with Gasteiger partial charge in [-0.2, -0.15) is 0 Å². The number of carboxylic acids is 1. The molecule has 2 aromatic carbocycles. The number of carbonyl (C=O) groups excluding carboxylic acids is 1. The van der Waals surface area contributed by atoms with Crippen LogP contribution in [0.25, 0.3) is 0 Å². The first-order chi connectivity index (χ1) is 21.0. The van der Waals surface area contributed by atoms with Gasteiger partial charge in [-0.15, -0.1) is 0 Å². The van der Waals surface area contributed by atoms with Crippen LogP contribution in [0.15, 0.2) is 66.9 Å². The molecule has 13 heteroatoms. The molecule has 232 valence electrons. The Morgan fingerprint density at radius 1 is 1.05 bits per heavy atom. The zero-order valence-electron chi connectivity index (χ0n) is 23.4. The van der Waals surface area contributed by atoms with Gasteiger partial charge in [-0.25, -0.2) is 22.1 Å². The first kappa shape index (κ1) is 30.8. The molecule has 1 aliphatic heterocycles. The molecular formula is C31H30Cl2FN3O6S. The van der Waals surface area contributed by atoms with E-state index in [0.29, 0.717) is 46.9 Å². The Hall–Kier alpha value is -3.25. The van der Waals surface area contributed by atoms with Crippen molar-refractivity contribution in [3.05, 3.63) is 93.8 Å². The number of ether oxygens (including phenoxy) is 1. The maximum Gasteiger partial charge on any atom is 0.306 e. The predicted molar refractivity (Wildman–Crippen MR) is 162 cm³/mol. The molecule has 1 saturated heterocycles. The average molecular weight is 663 g/mol. The van der Waals surface area contributed by atoms with E-state index in [0.717, 1.165) is 10.4 Å². The van der Waals surface area contributed by atoms with Gasteiger partial charge < -0.3 is 14.7 Å². The number of hydrogen-bond donors (Lipinski definition) is 1. The number of hydrogen-bond acceptors (Lipinski definition) is 6. The van der Waals surface area contributed by atoms with Gasteiger partial charge in [0, 0.05) is 16.2 Å². The summed E-state index contributed by atoms with van der Waals surface area (Å²) in [6.45, 7) is -0.255. The van der Waals surface area contributed by atoms with Crippen molar-refractivity contribution in [2.75, 3.05) is 10.8 Å². The maximum atomic E-state index is 15.2. The highest BCUT2D eigenvalue weighted by Crippen LogP contribution is 2.49. The van der Waals surface area contributed by atoms with Crippen LogP contribution < -0.4 is 4.31 Å². The molecule has 0 unspecified atom stereocenters. The van der Waals surface area contributed by atoms with E-state index in [-0.39, 0.29) is 18.3 Å². The van der Waals surface area contributed by atoms with Gasteiger partial charge in [0.25, 0.3) is 5.91 Å². The van der Waals surface area contributed by atoms with Crippen LogP contribution in [0.1, 0.15) is 55.4 Å². The van der Waals surface area contributed by atoms with Crippen LogP contribution in [-0.2, 0) is 24.3 Å². The van der Waals surface area contributed by atoms with E-state index < -0.39 is 63.7 Å². The van der Waals surface area contributed by atoms with E-state index >= 15 is 4.39 Å². The number of amides is 1. The van der Waals surface area contributed by atoms with Crippen LogP contribution in [0.3, 0.4) is 0 Å². The summed E-state index contributed by atoms with van der Waals surface area (Å²) in [6.07, 6.45) is 0.807. The van der Waals surface area contributed by atoms with Gasteiger partial charge in [0.2, 0.25) is 10.0 Å². The number of nitrogens with zero attached hydrogens (tertiary/aromatic N) is 3. The third-order valence-electron chi connectivity index (χ3n) is 8.28. The average Bonchev–Trinajstić information content (AvgIpc) is 3.89. The number of rotatable bonds is 11. The van der Waals surface area contributed by atoms with E-state index in [4.69, 9.17) is 27.9 Å². The van der Waals surface area contributed by atoms with Crippen molar-refractivity contribution in [2.24, 2.45) is 5.92 Å². The molecule has 2 aliphatic carbocycles. The zero-order chi connectivity index (χ0) is 31.2. The third kappa shape index (κ3) is 6.28. The van der Waals surface area contributed by atoms with Crippen LogP contribution in [0.4, 0.5) is 10.2 Å². The summed E-state index contributed by atoms with van der Waals surface area (Å²) < 4.78 is 50.1. The molecule has 6 rings (SSSR count). The van der Waals surface area contributed by atoms with Crippen molar-refractivity contribution in [1.29, 1.82) is 0 Å². The van der Waals surface area contributed by atoms with Crippen LogP contribution in [-0.4, -0.2) is 59.2 Å². The van der Waals surface area contributed by atoms with Crippen molar-refractivity contribution < 1.29 is 32.2 Å². The lowest BCUT2D eigenvalue weighted by molar-refractivity contribution is -0.183. The molecule has 3 fully saturated rings. The Bertz CT molecular complexity index is 1670. The second-order valence-electron chi connectivity index (χ2n) is 11.4. The minimum absolute atomic E-state index is 0.124. The highest BCUT2D eigenvalue weighted by atomic mass is 35.5. The first-order valence-electron chi connectivity index (χ1n) is 14.4. The van der Waals surface area contributed by atoms with E-state index in [2.05, 4.69) is 4.98 Å². The summed E-state index contributed by atoms with van der Waals surface area (Å²) >= 11 is 12.6. The SMILES string of the molecule is O=C(O)C[C@H]1O[C@H](c2cccc(Cl)c2)[C@@H](c2ccc(Cl)cc2)N([C@H](CN(c2ncccc2F)S(=O)(=O)C2CC2)C2CC2)C1=O. The fourth-order valence-corrected chi connectivity index (χ4v) is 8.05. The fraction of sp³-hybridized carbons (Fsp3) is 0.387. The molecule has 3 aromatic rings. The van der Waals surface area contributed by atoms with Crippen LogP contribution >= 0.6 is 23.2 Å². The van der Waals surface area contributed by atoms with Crippen molar-refractivity contribution in [3.8, 4) is 0 Å². The molecule has 0 spiro atoms. The molecule has 1 amide bonds. The molecule has 2 heterocycles. The Morgan fingerprint density at radius 3 is 2.39 bits per heavy atom. The van der Waals surface area contributed by atoms with Gasteiger partial charge >= 0.3 is 5.97 Å². The summed E-state index contributed by atoms with van der Waals surface area (Å²) in [4.78, 5) is 31.9. The summed E-state index contributed by atoms with van der Waals surface area (Å²) in [6, 6.07) is 14.7. The van der Waals surface area contributed by atoms with Crippen molar-refractivity contribution in [1.82, 2.24) is 9.88 Å². The van der Waals surface area contributed by atoms with Gasteiger partial charge in [0.1, 0.15) is 12.2 Å². The van der Waals surface area contributed by atoms with Crippen LogP contribution in [0.5, 0.6) is 0 Å². The molecular weight excluding hydrogens is 632 g/mol. The molecule has 3 aliphatic rings. The second-order valence-corrected chi connectivity index (χ2v) is 14.4. The Labute approximate surface area is 264 Å². The number of carbonyl (C=O) groups is 2. The van der Waals surface area contributed by atoms with Crippen molar-refractivity contribution in [3.63, 3.8) is 0 Å². The first-order valence-corrected chi connectivity index (χ1v) is 16.6. The van der Waals surface area contributed by atoms with Crippen molar-refractivity contribution >= 4 is 50.9 Å². The highest BCUT2D eigenvalue weighted by molar-refractivity contribution is 7.93.